The van der Waals surface area contributed by atoms with Crippen LogP contribution in [0.2, 0.25) is 0 Å². The number of hydrogen-bond acceptors (Lipinski definition) is 8. The predicted molar refractivity (Wildman–Crippen MR) is 198 cm³/mol. The molecular formula is C37H54BrN5O8. The van der Waals surface area contributed by atoms with Crippen LogP contribution in [0.15, 0.2) is 48.5 Å². The Labute approximate surface area is 309 Å². The maximum atomic E-state index is 13.0. The number of unbranched alkanes of at least 4 members (excludes halogenated alkanes) is 1. The fourth-order valence-electron chi connectivity index (χ4n) is 4.90. The van der Waals surface area contributed by atoms with E-state index in [1.165, 1.54) is 30.5 Å². The number of carbonyl (C=O) groups excluding carboxylic acids is 5. The second-order valence-corrected chi connectivity index (χ2v) is 12.8. The zero-order chi connectivity index (χ0) is 37.4. The minimum Gasteiger partial charge on any atom is -0.385 e. The molecular weight excluding hydrogens is 722 g/mol. The standard InChI is InChI=1S/C37H54BrN5O8/c1-26-9-7-10-31(21-26)22-29-12-14-30(15-13-29)24-51-25-40-35(46)27(2)41-36(47)28(3)42-37(48)32(43-34(45)23-38)11-5-6-17-39-33(44)16-20-50-19-8-18-49-4/h7,9-10,12-15,21,27-28,32H,5-6,8,11,16-20,22-25H2,1-4H3,(H,39,44)(H,40,46)(H,41,47)(H,42,48)(H,43,45)/t27-,28-,32-/m0/s1. The lowest BCUT2D eigenvalue weighted by Gasteiger charge is -2.22. The monoisotopic (exact) mass is 775 g/mol. The highest BCUT2D eigenvalue weighted by atomic mass is 79.9. The molecule has 13 nitrogen and oxygen atoms in total. The summed E-state index contributed by atoms with van der Waals surface area (Å²) in [6, 6.07) is 13.8. The zero-order valence-corrected chi connectivity index (χ0v) is 31.8. The average molecular weight is 777 g/mol. The van der Waals surface area contributed by atoms with Crippen molar-refractivity contribution in [1.29, 1.82) is 0 Å². The number of amides is 5. The molecule has 5 amide bonds. The van der Waals surface area contributed by atoms with Gasteiger partial charge in [-0.3, -0.25) is 24.0 Å². The van der Waals surface area contributed by atoms with Crippen molar-refractivity contribution in [3.8, 4) is 0 Å². The van der Waals surface area contributed by atoms with E-state index >= 15 is 0 Å². The SMILES string of the molecule is COCCCOCCC(=O)NCCCC[C@H](NC(=O)CBr)C(=O)N[C@@H](C)C(=O)N[C@@H](C)C(=O)NCOCc1ccc(Cc2cccc(C)c2)cc1. The molecule has 0 aliphatic carbocycles. The topological polar surface area (TPSA) is 173 Å². The van der Waals surface area contributed by atoms with Crippen LogP contribution < -0.4 is 26.6 Å². The molecule has 0 bridgehead atoms. The fourth-order valence-corrected chi connectivity index (χ4v) is 5.06. The number of nitrogens with one attached hydrogen (secondary N) is 5. The number of aryl methyl sites for hydroxylation is 1. The van der Waals surface area contributed by atoms with Gasteiger partial charge in [-0.15, -0.1) is 0 Å². The van der Waals surface area contributed by atoms with Gasteiger partial charge < -0.3 is 40.8 Å². The van der Waals surface area contributed by atoms with E-state index in [0.717, 1.165) is 18.4 Å². The molecule has 0 spiro atoms. The normalized spacial score (nSPS) is 12.6. The Morgan fingerprint density at radius 2 is 1.43 bits per heavy atom. The van der Waals surface area contributed by atoms with Crippen molar-refractivity contribution in [3.05, 3.63) is 70.8 Å². The number of rotatable bonds is 25. The molecule has 2 rings (SSSR count). The van der Waals surface area contributed by atoms with Crippen LogP contribution in [0.3, 0.4) is 0 Å². The molecule has 0 aliphatic rings. The lowest BCUT2D eigenvalue weighted by Crippen LogP contribution is -2.55. The zero-order valence-electron chi connectivity index (χ0n) is 30.2. The summed E-state index contributed by atoms with van der Waals surface area (Å²) in [6.07, 6.45) is 3.28. The number of halogens is 1. The van der Waals surface area contributed by atoms with Gasteiger partial charge >= 0.3 is 0 Å². The maximum Gasteiger partial charge on any atom is 0.244 e. The van der Waals surface area contributed by atoms with E-state index in [2.05, 4.69) is 85.8 Å². The number of hydrogen-bond donors (Lipinski definition) is 5. The molecule has 0 saturated carbocycles. The molecule has 3 atom stereocenters. The van der Waals surface area contributed by atoms with E-state index in [1.807, 2.05) is 12.1 Å². The number of ether oxygens (including phenoxy) is 3. The number of benzene rings is 2. The summed E-state index contributed by atoms with van der Waals surface area (Å²) in [6.45, 7) is 7.24. The summed E-state index contributed by atoms with van der Waals surface area (Å²) in [4.78, 5) is 62.4. The Morgan fingerprint density at radius 1 is 0.725 bits per heavy atom. The molecule has 0 radical (unpaired) electrons. The predicted octanol–water partition coefficient (Wildman–Crippen LogP) is 2.79. The molecule has 2 aromatic carbocycles. The molecule has 2 aromatic rings. The average Bonchev–Trinajstić information content (AvgIpc) is 3.11. The number of carbonyl (C=O) groups is 5. The van der Waals surface area contributed by atoms with Gasteiger partial charge in [-0.2, -0.15) is 0 Å². The Kier molecular flexibility index (Phi) is 21.4. The van der Waals surface area contributed by atoms with Gasteiger partial charge in [0.05, 0.1) is 18.5 Å². The second-order valence-electron chi connectivity index (χ2n) is 12.3. The minimum atomic E-state index is -0.975. The third-order valence-corrected chi connectivity index (χ3v) is 8.27. The first-order chi connectivity index (χ1) is 24.5. The smallest absolute Gasteiger partial charge is 0.244 e. The van der Waals surface area contributed by atoms with Crippen LogP contribution in [-0.2, 0) is 51.2 Å². The summed E-state index contributed by atoms with van der Waals surface area (Å²) in [5, 5.41) is 13.3. The van der Waals surface area contributed by atoms with E-state index in [4.69, 9.17) is 14.2 Å². The van der Waals surface area contributed by atoms with Gasteiger partial charge in [0, 0.05) is 33.3 Å². The highest BCUT2D eigenvalue weighted by Gasteiger charge is 2.25. The van der Waals surface area contributed by atoms with E-state index in [-0.39, 0.29) is 30.3 Å². The quantitative estimate of drug-likeness (QED) is 0.0582. The number of alkyl halides is 1. The van der Waals surface area contributed by atoms with Gasteiger partial charge in [0.2, 0.25) is 29.5 Å². The van der Waals surface area contributed by atoms with Gasteiger partial charge in [0.1, 0.15) is 24.9 Å². The second kappa shape index (κ2) is 25.2. The molecule has 14 heteroatoms. The fraction of sp³-hybridized carbons (Fsp3) is 0.541. The van der Waals surface area contributed by atoms with Crippen molar-refractivity contribution < 1.29 is 38.2 Å². The van der Waals surface area contributed by atoms with Crippen molar-refractivity contribution >= 4 is 45.5 Å². The molecule has 0 unspecified atom stereocenters. The highest BCUT2D eigenvalue weighted by Crippen LogP contribution is 2.13. The molecule has 5 N–H and O–H groups in total. The van der Waals surface area contributed by atoms with E-state index < -0.39 is 35.8 Å². The van der Waals surface area contributed by atoms with Crippen LogP contribution in [0.5, 0.6) is 0 Å². The van der Waals surface area contributed by atoms with Crippen LogP contribution in [-0.4, -0.2) is 93.2 Å². The summed E-state index contributed by atoms with van der Waals surface area (Å²) < 4.78 is 15.9. The maximum absolute atomic E-state index is 13.0. The van der Waals surface area contributed by atoms with Gasteiger partial charge in [0.15, 0.2) is 0 Å². The first-order valence-electron chi connectivity index (χ1n) is 17.3. The summed E-state index contributed by atoms with van der Waals surface area (Å²) in [5.74, 6) is -2.05. The third kappa shape index (κ3) is 18.8. The molecule has 0 saturated heterocycles. The Hall–Kier alpha value is -3.85. The van der Waals surface area contributed by atoms with Crippen molar-refractivity contribution in [1.82, 2.24) is 26.6 Å². The Morgan fingerprint density at radius 3 is 2.14 bits per heavy atom. The van der Waals surface area contributed by atoms with Crippen molar-refractivity contribution in [2.75, 3.05) is 45.5 Å². The van der Waals surface area contributed by atoms with E-state index in [0.29, 0.717) is 52.2 Å². The van der Waals surface area contributed by atoms with Crippen molar-refractivity contribution in [2.45, 2.75) is 84.0 Å². The largest absolute Gasteiger partial charge is 0.385 e. The molecule has 0 heterocycles. The summed E-state index contributed by atoms with van der Waals surface area (Å²) >= 11 is 3.08. The Balaban J connectivity index is 1.68. The lowest BCUT2D eigenvalue weighted by molar-refractivity contribution is -0.133. The first kappa shape index (κ1) is 43.3. The van der Waals surface area contributed by atoms with Crippen molar-refractivity contribution in [3.63, 3.8) is 0 Å². The van der Waals surface area contributed by atoms with Crippen LogP contribution in [0, 0.1) is 6.92 Å². The van der Waals surface area contributed by atoms with Crippen LogP contribution in [0.25, 0.3) is 0 Å². The molecule has 51 heavy (non-hydrogen) atoms. The molecule has 0 aliphatic heterocycles. The van der Waals surface area contributed by atoms with Crippen LogP contribution in [0.1, 0.15) is 68.2 Å². The Bertz CT molecular complexity index is 1380. The van der Waals surface area contributed by atoms with Gasteiger partial charge in [-0.25, -0.2) is 0 Å². The third-order valence-electron chi connectivity index (χ3n) is 7.76. The van der Waals surface area contributed by atoms with Gasteiger partial charge in [-0.1, -0.05) is 70.0 Å². The molecule has 282 valence electrons. The minimum absolute atomic E-state index is 0.00749. The molecule has 0 aromatic heterocycles. The number of methoxy groups -OCH3 is 1. The highest BCUT2D eigenvalue weighted by molar-refractivity contribution is 9.09. The van der Waals surface area contributed by atoms with Gasteiger partial charge in [0.25, 0.3) is 0 Å². The summed E-state index contributed by atoms with van der Waals surface area (Å²) in [7, 11) is 1.62. The molecule has 0 fully saturated rings. The van der Waals surface area contributed by atoms with E-state index in [9.17, 15) is 24.0 Å². The van der Waals surface area contributed by atoms with Crippen molar-refractivity contribution in [2.24, 2.45) is 0 Å². The van der Waals surface area contributed by atoms with Crippen LogP contribution in [0.4, 0.5) is 0 Å². The first-order valence-corrected chi connectivity index (χ1v) is 18.4. The lowest BCUT2D eigenvalue weighted by atomic mass is 10.0. The van der Waals surface area contributed by atoms with Gasteiger partial charge in [-0.05, 0) is 69.6 Å². The van der Waals surface area contributed by atoms with Crippen LogP contribution >= 0.6 is 15.9 Å². The summed E-state index contributed by atoms with van der Waals surface area (Å²) in [5.41, 5.74) is 4.64. The van der Waals surface area contributed by atoms with E-state index in [1.54, 1.807) is 7.11 Å².